The Morgan fingerprint density at radius 3 is 2.32 bits per heavy atom. The Hall–Kier alpha value is -1.14. The van der Waals surface area contributed by atoms with E-state index in [-0.39, 0.29) is 25.8 Å². The molecule has 1 aliphatic rings. The smallest absolute Gasteiger partial charge is 0.313 e. The molecule has 1 rings (SSSR count). The molecule has 1 fully saturated rings. The summed E-state index contributed by atoms with van der Waals surface area (Å²) in [5.74, 6) is -0.468. The SMILES string of the molecule is CC(C)(CO)COC(=O)C(C)(C)CO.O=C1CCCCCO1. The van der Waals surface area contributed by atoms with E-state index in [1.165, 1.54) is 0 Å². The van der Waals surface area contributed by atoms with Crippen LogP contribution in [0.25, 0.3) is 0 Å². The van der Waals surface area contributed by atoms with Crippen LogP contribution >= 0.6 is 0 Å². The largest absolute Gasteiger partial charge is 0.466 e. The highest BCUT2D eigenvalue weighted by Crippen LogP contribution is 2.19. The Balaban J connectivity index is 0.000000461. The van der Waals surface area contributed by atoms with Gasteiger partial charge in [-0.2, -0.15) is 0 Å². The molecule has 22 heavy (non-hydrogen) atoms. The summed E-state index contributed by atoms with van der Waals surface area (Å²) in [6.45, 7) is 7.33. The third-order valence-corrected chi connectivity index (χ3v) is 3.26. The lowest BCUT2D eigenvalue weighted by Crippen LogP contribution is -2.34. The van der Waals surface area contributed by atoms with Gasteiger partial charge in [-0.05, 0) is 33.1 Å². The molecule has 130 valence electrons. The molecule has 0 aliphatic carbocycles. The molecule has 2 N–H and O–H groups in total. The fourth-order valence-corrected chi connectivity index (χ4v) is 1.37. The number of ether oxygens (including phenoxy) is 2. The Kier molecular flexibility index (Phi) is 9.28. The molecule has 0 aromatic rings. The molecule has 1 aliphatic heterocycles. The van der Waals surface area contributed by atoms with Crippen molar-refractivity contribution in [2.45, 2.75) is 53.4 Å². The van der Waals surface area contributed by atoms with Gasteiger partial charge in [0.25, 0.3) is 0 Å². The number of aliphatic hydroxyl groups excluding tert-OH is 2. The molecule has 1 saturated heterocycles. The first-order chi connectivity index (χ1) is 10.1. The molecule has 0 unspecified atom stereocenters. The van der Waals surface area contributed by atoms with Gasteiger partial charge in [-0.25, -0.2) is 0 Å². The molecular formula is C16H30O6. The van der Waals surface area contributed by atoms with Crippen LogP contribution in [-0.2, 0) is 19.1 Å². The van der Waals surface area contributed by atoms with Crippen LogP contribution in [0.4, 0.5) is 0 Å². The van der Waals surface area contributed by atoms with Crippen molar-refractivity contribution in [3.8, 4) is 0 Å². The van der Waals surface area contributed by atoms with Crippen molar-refractivity contribution >= 4 is 11.9 Å². The third-order valence-electron chi connectivity index (χ3n) is 3.26. The summed E-state index contributed by atoms with van der Waals surface area (Å²) in [6.07, 6.45) is 3.83. The quantitative estimate of drug-likeness (QED) is 0.749. The van der Waals surface area contributed by atoms with Gasteiger partial charge in [0.2, 0.25) is 0 Å². The Morgan fingerprint density at radius 1 is 1.14 bits per heavy atom. The fourth-order valence-electron chi connectivity index (χ4n) is 1.37. The zero-order chi connectivity index (χ0) is 17.2. The van der Waals surface area contributed by atoms with Crippen LogP contribution in [0.15, 0.2) is 0 Å². The van der Waals surface area contributed by atoms with E-state index < -0.39 is 16.8 Å². The number of hydrogen-bond acceptors (Lipinski definition) is 6. The molecule has 0 aromatic carbocycles. The number of esters is 2. The van der Waals surface area contributed by atoms with Gasteiger partial charge in [-0.15, -0.1) is 0 Å². The first kappa shape index (κ1) is 20.9. The average Bonchev–Trinajstić information content (AvgIpc) is 2.73. The molecule has 0 saturated carbocycles. The Labute approximate surface area is 132 Å². The topological polar surface area (TPSA) is 93.1 Å². The summed E-state index contributed by atoms with van der Waals surface area (Å²) < 4.78 is 9.76. The summed E-state index contributed by atoms with van der Waals surface area (Å²) in [5.41, 5.74) is -1.30. The number of rotatable bonds is 5. The van der Waals surface area contributed by atoms with E-state index in [0.717, 1.165) is 19.3 Å². The second kappa shape index (κ2) is 9.79. The van der Waals surface area contributed by atoms with Crippen molar-refractivity contribution in [2.24, 2.45) is 10.8 Å². The summed E-state index contributed by atoms with van der Waals surface area (Å²) in [6, 6.07) is 0. The second-order valence-electron chi connectivity index (χ2n) is 6.97. The lowest BCUT2D eigenvalue weighted by atomic mass is 9.94. The monoisotopic (exact) mass is 318 g/mol. The minimum absolute atomic E-state index is 0.0255. The zero-order valence-electron chi connectivity index (χ0n) is 14.2. The van der Waals surface area contributed by atoms with Gasteiger partial charge in [-0.3, -0.25) is 9.59 Å². The second-order valence-corrected chi connectivity index (χ2v) is 6.97. The maximum absolute atomic E-state index is 11.4. The minimum Gasteiger partial charge on any atom is -0.466 e. The van der Waals surface area contributed by atoms with E-state index in [4.69, 9.17) is 19.7 Å². The van der Waals surface area contributed by atoms with Gasteiger partial charge >= 0.3 is 11.9 Å². The number of carbonyl (C=O) groups is 2. The Bertz CT molecular complexity index is 339. The Morgan fingerprint density at radius 2 is 1.77 bits per heavy atom. The zero-order valence-corrected chi connectivity index (χ0v) is 14.2. The van der Waals surface area contributed by atoms with Crippen molar-refractivity contribution in [2.75, 3.05) is 26.4 Å². The fraction of sp³-hybridized carbons (Fsp3) is 0.875. The van der Waals surface area contributed by atoms with Gasteiger partial charge in [0.05, 0.1) is 31.8 Å². The molecule has 6 nitrogen and oxygen atoms in total. The number of aliphatic hydroxyl groups is 2. The average molecular weight is 318 g/mol. The van der Waals surface area contributed by atoms with Gasteiger partial charge in [0.1, 0.15) is 0 Å². The van der Waals surface area contributed by atoms with Crippen LogP contribution in [0.3, 0.4) is 0 Å². The molecule has 0 bridgehead atoms. The number of cyclic esters (lactones) is 1. The van der Waals surface area contributed by atoms with Crippen molar-refractivity contribution in [3.63, 3.8) is 0 Å². The first-order valence-electron chi connectivity index (χ1n) is 7.69. The lowest BCUT2D eigenvalue weighted by molar-refractivity contribution is -0.160. The van der Waals surface area contributed by atoms with E-state index >= 15 is 0 Å². The highest BCUT2D eigenvalue weighted by Gasteiger charge is 2.30. The van der Waals surface area contributed by atoms with Crippen molar-refractivity contribution in [1.29, 1.82) is 0 Å². The van der Waals surface area contributed by atoms with Gasteiger partial charge in [-0.1, -0.05) is 13.8 Å². The van der Waals surface area contributed by atoms with Crippen LogP contribution in [0.1, 0.15) is 53.4 Å². The van der Waals surface area contributed by atoms with Crippen LogP contribution in [0.5, 0.6) is 0 Å². The lowest BCUT2D eigenvalue weighted by Gasteiger charge is -2.25. The van der Waals surface area contributed by atoms with Gasteiger partial charge < -0.3 is 19.7 Å². The van der Waals surface area contributed by atoms with E-state index in [0.29, 0.717) is 13.0 Å². The summed E-state index contributed by atoms with van der Waals surface area (Å²) >= 11 is 0. The van der Waals surface area contributed by atoms with Crippen LogP contribution in [0, 0.1) is 10.8 Å². The summed E-state index contributed by atoms with van der Waals surface area (Å²) in [4.78, 5) is 21.9. The standard InChI is InChI=1S/C10H20O4.C6H10O2/c1-9(2,5-11)7-14-8(13)10(3,4)6-12;7-6-4-2-1-3-5-8-6/h11-12H,5-7H2,1-4H3;1-5H2. The van der Waals surface area contributed by atoms with Crippen LogP contribution in [0.2, 0.25) is 0 Å². The molecule has 0 atom stereocenters. The minimum atomic E-state index is -0.870. The predicted octanol–water partition coefficient (Wildman–Crippen LogP) is 1.67. The maximum atomic E-state index is 11.4. The van der Waals surface area contributed by atoms with Gasteiger partial charge in [0.15, 0.2) is 0 Å². The first-order valence-corrected chi connectivity index (χ1v) is 7.69. The van der Waals surface area contributed by atoms with E-state index in [9.17, 15) is 9.59 Å². The molecule has 1 heterocycles. The molecule has 6 heteroatoms. The van der Waals surface area contributed by atoms with Crippen molar-refractivity contribution < 1.29 is 29.3 Å². The number of hydrogen-bond donors (Lipinski definition) is 2. The highest BCUT2D eigenvalue weighted by molar-refractivity contribution is 5.76. The van der Waals surface area contributed by atoms with Gasteiger partial charge in [0, 0.05) is 11.8 Å². The predicted molar refractivity (Wildman–Crippen MR) is 82.1 cm³/mol. The molecule has 0 spiro atoms. The van der Waals surface area contributed by atoms with Crippen LogP contribution in [-0.4, -0.2) is 48.6 Å². The number of carbonyl (C=O) groups excluding carboxylic acids is 2. The molecule has 0 amide bonds. The van der Waals surface area contributed by atoms with E-state index in [1.807, 2.05) is 0 Å². The molecular weight excluding hydrogens is 288 g/mol. The van der Waals surface area contributed by atoms with Crippen molar-refractivity contribution in [3.05, 3.63) is 0 Å². The maximum Gasteiger partial charge on any atom is 0.313 e. The van der Waals surface area contributed by atoms with E-state index in [2.05, 4.69) is 0 Å². The summed E-state index contributed by atoms with van der Waals surface area (Å²) in [5, 5.41) is 17.8. The molecule has 0 aromatic heterocycles. The normalized spacial score (nSPS) is 16.0. The van der Waals surface area contributed by atoms with Crippen LogP contribution < -0.4 is 0 Å². The third kappa shape index (κ3) is 9.00. The van der Waals surface area contributed by atoms with E-state index in [1.54, 1.807) is 27.7 Å². The highest BCUT2D eigenvalue weighted by atomic mass is 16.5. The molecule has 0 radical (unpaired) electrons. The van der Waals surface area contributed by atoms with Crippen molar-refractivity contribution in [1.82, 2.24) is 0 Å². The summed E-state index contributed by atoms with van der Waals surface area (Å²) in [7, 11) is 0.